The van der Waals surface area contributed by atoms with Gasteiger partial charge in [0.1, 0.15) is 17.3 Å². The van der Waals surface area contributed by atoms with Crippen molar-refractivity contribution in [3.8, 4) is 17.1 Å². The van der Waals surface area contributed by atoms with E-state index >= 15 is 0 Å². The lowest BCUT2D eigenvalue weighted by atomic mass is 10.2. The summed E-state index contributed by atoms with van der Waals surface area (Å²) >= 11 is 0. The molecule has 0 spiro atoms. The predicted molar refractivity (Wildman–Crippen MR) is 88.1 cm³/mol. The molecule has 0 saturated heterocycles. The Hall–Kier alpha value is -3.17. The van der Waals surface area contributed by atoms with Crippen molar-refractivity contribution in [3.05, 3.63) is 42.1 Å². The van der Waals surface area contributed by atoms with Crippen LogP contribution in [0.2, 0.25) is 0 Å². The molecule has 1 aromatic carbocycles. The number of aryl methyl sites for hydroxylation is 1. The molecule has 136 valence electrons. The van der Waals surface area contributed by atoms with Crippen molar-refractivity contribution in [2.75, 3.05) is 19.1 Å². The van der Waals surface area contributed by atoms with Gasteiger partial charge in [-0.2, -0.15) is 13.2 Å². The van der Waals surface area contributed by atoms with Gasteiger partial charge in [-0.3, -0.25) is 0 Å². The van der Waals surface area contributed by atoms with Crippen LogP contribution in [0.25, 0.3) is 11.4 Å². The fourth-order valence-electron chi connectivity index (χ4n) is 2.42. The Labute approximate surface area is 147 Å². The van der Waals surface area contributed by atoms with Gasteiger partial charge in [-0.1, -0.05) is 0 Å². The van der Waals surface area contributed by atoms with E-state index in [4.69, 9.17) is 4.74 Å². The zero-order chi connectivity index (χ0) is 18.9. The van der Waals surface area contributed by atoms with Gasteiger partial charge >= 0.3 is 6.18 Å². The summed E-state index contributed by atoms with van der Waals surface area (Å²) in [4.78, 5) is 5.36. The largest absolute Gasteiger partial charge is 0.497 e. The highest BCUT2D eigenvalue weighted by Crippen LogP contribution is 2.36. The van der Waals surface area contributed by atoms with E-state index in [0.717, 1.165) is 6.07 Å². The van der Waals surface area contributed by atoms with Gasteiger partial charge in [0.05, 0.1) is 12.7 Å². The number of hydrogen-bond acceptors (Lipinski definition) is 6. The molecule has 2 aromatic heterocycles. The second kappa shape index (κ2) is 6.62. The monoisotopic (exact) mass is 364 g/mol. The summed E-state index contributed by atoms with van der Waals surface area (Å²) in [7, 11) is 4.76. The Bertz CT molecular complexity index is 907. The molecular weight excluding hydrogens is 349 g/mol. The number of methoxy groups -OCH3 is 1. The number of tetrazole rings is 1. The minimum absolute atomic E-state index is 0.0860. The molecule has 0 aliphatic carbocycles. The summed E-state index contributed by atoms with van der Waals surface area (Å²) in [5.74, 6) is 1.03. The van der Waals surface area contributed by atoms with Crippen LogP contribution in [-0.4, -0.2) is 39.3 Å². The summed E-state index contributed by atoms with van der Waals surface area (Å²) in [6, 6.07) is 9.09. The summed E-state index contributed by atoms with van der Waals surface area (Å²) < 4.78 is 45.9. The second-order valence-electron chi connectivity index (χ2n) is 5.45. The van der Waals surface area contributed by atoms with Gasteiger partial charge < -0.3 is 9.64 Å². The highest BCUT2D eigenvalue weighted by Gasteiger charge is 2.34. The Morgan fingerprint density at radius 2 is 1.77 bits per heavy atom. The third-order valence-corrected chi connectivity index (χ3v) is 3.80. The first kappa shape index (κ1) is 17.6. The molecule has 10 heteroatoms. The third-order valence-electron chi connectivity index (χ3n) is 3.80. The van der Waals surface area contributed by atoms with Gasteiger partial charge in [-0.25, -0.2) is 9.67 Å². The predicted octanol–water partition coefficient (Wildman–Crippen LogP) is 3.07. The van der Waals surface area contributed by atoms with E-state index in [9.17, 15) is 13.2 Å². The highest BCUT2D eigenvalue weighted by atomic mass is 19.4. The Morgan fingerprint density at radius 1 is 1.08 bits per heavy atom. The van der Waals surface area contributed by atoms with Crippen molar-refractivity contribution in [1.82, 2.24) is 25.2 Å². The molecule has 2 heterocycles. The van der Waals surface area contributed by atoms with E-state index in [1.165, 1.54) is 17.9 Å². The molecule has 3 aromatic rings. The maximum Gasteiger partial charge on any atom is 0.433 e. The van der Waals surface area contributed by atoms with Crippen LogP contribution >= 0.6 is 0 Å². The first-order valence-corrected chi connectivity index (χ1v) is 7.50. The van der Waals surface area contributed by atoms with Crippen LogP contribution in [0.15, 0.2) is 36.4 Å². The van der Waals surface area contributed by atoms with E-state index < -0.39 is 11.9 Å². The lowest BCUT2D eigenvalue weighted by molar-refractivity contribution is -0.141. The third kappa shape index (κ3) is 3.30. The van der Waals surface area contributed by atoms with Gasteiger partial charge in [0, 0.05) is 19.8 Å². The number of alkyl halides is 3. The number of anilines is 2. The Morgan fingerprint density at radius 3 is 2.31 bits per heavy atom. The van der Waals surface area contributed by atoms with Gasteiger partial charge in [0.25, 0.3) is 0 Å². The normalized spacial score (nSPS) is 11.5. The Kier molecular flexibility index (Phi) is 4.49. The van der Waals surface area contributed by atoms with Crippen molar-refractivity contribution in [3.63, 3.8) is 0 Å². The summed E-state index contributed by atoms with van der Waals surface area (Å²) in [6.07, 6.45) is -4.56. The van der Waals surface area contributed by atoms with Crippen LogP contribution in [0, 0.1) is 0 Å². The first-order chi connectivity index (χ1) is 12.3. The van der Waals surface area contributed by atoms with Gasteiger partial charge in [-0.05, 0) is 46.8 Å². The second-order valence-corrected chi connectivity index (χ2v) is 5.45. The van der Waals surface area contributed by atoms with Crippen molar-refractivity contribution >= 4 is 11.5 Å². The van der Waals surface area contributed by atoms with E-state index in [2.05, 4.69) is 20.5 Å². The minimum Gasteiger partial charge on any atom is -0.497 e. The van der Waals surface area contributed by atoms with E-state index in [1.54, 1.807) is 43.3 Å². The van der Waals surface area contributed by atoms with Crippen LogP contribution in [0.1, 0.15) is 5.69 Å². The molecule has 0 atom stereocenters. The molecule has 3 rings (SSSR count). The summed E-state index contributed by atoms with van der Waals surface area (Å²) in [5, 5.41) is 11.1. The van der Waals surface area contributed by atoms with Crippen molar-refractivity contribution in [1.29, 1.82) is 0 Å². The molecule has 0 amide bonds. The standard InChI is InChI=1S/C16H15F3N6O/c1-24(10-4-6-11(26-3)7-5-10)14-12(15-21-22-23-25(15)2)8-9-13(20-14)16(17,18)19/h4-9H,1-3H3. The smallest absolute Gasteiger partial charge is 0.433 e. The van der Waals surface area contributed by atoms with E-state index in [0.29, 0.717) is 22.8 Å². The minimum atomic E-state index is -4.56. The SMILES string of the molecule is COc1ccc(N(C)c2nc(C(F)(F)F)ccc2-c2nnnn2C)cc1. The first-order valence-electron chi connectivity index (χ1n) is 7.50. The molecule has 0 N–H and O–H groups in total. The number of pyridine rings is 1. The molecular formula is C16H15F3N6O. The molecule has 0 radical (unpaired) electrons. The van der Waals surface area contributed by atoms with Crippen LogP contribution in [0.3, 0.4) is 0 Å². The van der Waals surface area contributed by atoms with Crippen molar-refractivity contribution in [2.24, 2.45) is 7.05 Å². The highest BCUT2D eigenvalue weighted by molar-refractivity contribution is 5.76. The quantitative estimate of drug-likeness (QED) is 0.709. The topological polar surface area (TPSA) is 69.0 Å². The molecule has 0 aliphatic rings. The lowest BCUT2D eigenvalue weighted by Gasteiger charge is -2.22. The fraction of sp³-hybridized carbons (Fsp3) is 0.250. The van der Waals surface area contributed by atoms with Gasteiger partial charge in [0.2, 0.25) is 0 Å². The Balaban J connectivity index is 2.13. The zero-order valence-corrected chi connectivity index (χ0v) is 14.2. The number of nitrogens with zero attached hydrogens (tertiary/aromatic N) is 6. The number of ether oxygens (including phenoxy) is 1. The molecule has 0 bridgehead atoms. The maximum atomic E-state index is 13.1. The average molecular weight is 364 g/mol. The molecule has 0 aliphatic heterocycles. The molecule has 7 nitrogen and oxygen atoms in total. The number of rotatable bonds is 4. The van der Waals surface area contributed by atoms with Crippen LogP contribution in [0.4, 0.5) is 24.7 Å². The average Bonchev–Trinajstić information content (AvgIpc) is 3.05. The van der Waals surface area contributed by atoms with Crippen LogP contribution < -0.4 is 9.64 Å². The number of halogens is 3. The van der Waals surface area contributed by atoms with Crippen LogP contribution in [-0.2, 0) is 13.2 Å². The van der Waals surface area contributed by atoms with Crippen LogP contribution in [0.5, 0.6) is 5.75 Å². The zero-order valence-electron chi connectivity index (χ0n) is 14.2. The fourth-order valence-corrected chi connectivity index (χ4v) is 2.42. The van der Waals surface area contributed by atoms with E-state index in [-0.39, 0.29) is 5.82 Å². The summed E-state index contributed by atoms with van der Waals surface area (Å²) in [6.45, 7) is 0. The van der Waals surface area contributed by atoms with Gasteiger partial charge in [-0.15, -0.1) is 5.10 Å². The van der Waals surface area contributed by atoms with Crippen molar-refractivity contribution < 1.29 is 17.9 Å². The summed E-state index contributed by atoms with van der Waals surface area (Å²) in [5.41, 5.74) is 0.0181. The molecule has 26 heavy (non-hydrogen) atoms. The molecule has 0 saturated carbocycles. The number of aromatic nitrogens is 5. The number of hydrogen-bond donors (Lipinski definition) is 0. The maximum absolute atomic E-state index is 13.1. The molecule has 0 unspecified atom stereocenters. The molecule has 0 fully saturated rings. The van der Waals surface area contributed by atoms with Gasteiger partial charge in [0.15, 0.2) is 5.82 Å². The lowest BCUT2D eigenvalue weighted by Crippen LogP contribution is -2.17. The van der Waals surface area contributed by atoms with E-state index in [1.807, 2.05) is 0 Å². The number of benzene rings is 1. The van der Waals surface area contributed by atoms with Crippen molar-refractivity contribution in [2.45, 2.75) is 6.18 Å².